The van der Waals surface area contributed by atoms with E-state index >= 15 is 0 Å². The molecule has 0 saturated heterocycles. The summed E-state index contributed by atoms with van der Waals surface area (Å²) >= 11 is 6.12. The molecule has 1 saturated carbocycles. The highest BCUT2D eigenvalue weighted by molar-refractivity contribution is 6.30. The maximum absolute atomic E-state index is 12.0. The van der Waals surface area contributed by atoms with Gasteiger partial charge in [-0.2, -0.15) is 0 Å². The highest BCUT2D eigenvalue weighted by atomic mass is 35.5. The maximum atomic E-state index is 12.0. The van der Waals surface area contributed by atoms with Crippen LogP contribution in [0.5, 0.6) is 5.75 Å². The van der Waals surface area contributed by atoms with Crippen LogP contribution in [0.3, 0.4) is 0 Å². The standard InChI is InChI=1S/C23H20ClNO3/c24-16-8-6-15(7-9-16)23-19(14-4-2-1-3-5-14)13-21(26)22(23,27)18-11-10-17(25)12-20(18)28-23/h1-12,19,21,26-27H,13,25H2/t19-,21?,22-,23-/m0/s1. The quantitative estimate of drug-likeness (QED) is 0.576. The molecule has 1 fully saturated rings. The van der Waals surface area contributed by atoms with Crippen LogP contribution in [0.1, 0.15) is 29.0 Å². The third-order valence-electron chi connectivity index (χ3n) is 6.16. The molecular weight excluding hydrogens is 374 g/mol. The van der Waals surface area contributed by atoms with Crippen LogP contribution in [0.25, 0.3) is 0 Å². The first-order valence-corrected chi connectivity index (χ1v) is 9.65. The first-order valence-electron chi connectivity index (χ1n) is 9.27. The van der Waals surface area contributed by atoms with E-state index in [1.807, 2.05) is 42.5 Å². The van der Waals surface area contributed by atoms with Gasteiger partial charge in [-0.3, -0.25) is 0 Å². The zero-order valence-electron chi connectivity index (χ0n) is 15.0. The predicted molar refractivity (Wildman–Crippen MR) is 108 cm³/mol. The first kappa shape index (κ1) is 17.6. The Morgan fingerprint density at radius 3 is 2.43 bits per heavy atom. The second kappa shape index (κ2) is 5.98. The molecule has 0 aromatic heterocycles. The molecule has 1 aliphatic heterocycles. The molecule has 2 aliphatic rings. The van der Waals surface area contributed by atoms with Crippen molar-refractivity contribution in [3.8, 4) is 5.75 Å². The van der Waals surface area contributed by atoms with Crippen molar-refractivity contribution >= 4 is 17.3 Å². The number of hydrogen-bond donors (Lipinski definition) is 3. The minimum atomic E-state index is -1.61. The Morgan fingerprint density at radius 2 is 1.71 bits per heavy atom. The summed E-state index contributed by atoms with van der Waals surface area (Å²) < 4.78 is 6.53. The van der Waals surface area contributed by atoms with E-state index in [9.17, 15) is 10.2 Å². The third-order valence-corrected chi connectivity index (χ3v) is 6.41. The number of benzene rings is 3. The molecule has 5 heteroatoms. The van der Waals surface area contributed by atoms with Crippen LogP contribution in [0.15, 0.2) is 72.8 Å². The fraction of sp³-hybridized carbons (Fsp3) is 0.217. The van der Waals surface area contributed by atoms with Gasteiger partial charge >= 0.3 is 0 Å². The van der Waals surface area contributed by atoms with E-state index in [0.717, 1.165) is 11.1 Å². The lowest BCUT2D eigenvalue weighted by Gasteiger charge is -2.40. The number of ether oxygens (including phenoxy) is 1. The monoisotopic (exact) mass is 393 g/mol. The molecule has 1 heterocycles. The SMILES string of the molecule is Nc1ccc2c(c1)O[C@@]1(c3ccc(Cl)cc3)[C@H](c3ccccc3)CC(O)[C@@]21O. The Balaban J connectivity index is 1.80. The number of nitrogens with two attached hydrogens (primary N) is 1. The summed E-state index contributed by atoms with van der Waals surface area (Å²) in [6, 6.07) is 22.3. The van der Waals surface area contributed by atoms with Crippen molar-refractivity contribution < 1.29 is 14.9 Å². The number of hydrogen-bond acceptors (Lipinski definition) is 4. The zero-order valence-corrected chi connectivity index (χ0v) is 15.8. The normalized spacial score (nSPS) is 30.5. The molecule has 0 radical (unpaired) electrons. The zero-order chi connectivity index (χ0) is 19.5. The van der Waals surface area contributed by atoms with Crippen molar-refractivity contribution in [1.29, 1.82) is 0 Å². The summed E-state index contributed by atoms with van der Waals surface area (Å²) in [6.07, 6.45) is -0.634. The summed E-state index contributed by atoms with van der Waals surface area (Å²) in [5.74, 6) is 0.237. The van der Waals surface area contributed by atoms with E-state index in [1.54, 1.807) is 30.3 Å². The molecule has 4 nitrogen and oxygen atoms in total. The molecular formula is C23H20ClNO3. The lowest BCUT2D eigenvalue weighted by Crippen LogP contribution is -2.51. The molecule has 142 valence electrons. The Hall–Kier alpha value is -2.53. The van der Waals surface area contributed by atoms with Crippen molar-refractivity contribution in [2.45, 2.75) is 29.6 Å². The van der Waals surface area contributed by atoms with Gasteiger partial charge in [-0.25, -0.2) is 0 Å². The fourth-order valence-corrected chi connectivity index (χ4v) is 5.07. The van der Waals surface area contributed by atoms with Gasteiger partial charge in [0.05, 0.1) is 6.10 Å². The lowest BCUT2D eigenvalue weighted by molar-refractivity contribution is -0.149. The van der Waals surface area contributed by atoms with E-state index in [-0.39, 0.29) is 5.92 Å². The van der Waals surface area contributed by atoms with Crippen LogP contribution >= 0.6 is 11.6 Å². The predicted octanol–water partition coefficient (Wildman–Crippen LogP) is 3.95. The van der Waals surface area contributed by atoms with E-state index in [0.29, 0.717) is 28.4 Å². The lowest BCUT2D eigenvalue weighted by atomic mass is 9.71. The van der Waals surface area contributed by atoms with Gasteiger partial charge in [-0.05, 0) is 35.7 Å². The van der Waals surface area contributed by atoms with Gasteiger partial charge in [0.1, 0.15) is 5.75 Å². The third kappa shape index (κ3) is 2.14. The molecule has 0 bridgehead atoms. The van der Waals surface area contributed by atoms with Crippen LogP contribution in [0.4, 0.5) is 5.69 Å². The number of aliphatic hydroxyl groups is 2. The van der Waals surface area contributed by atoms with Crippen LogP contribution < -0.4 is 10.5 Å². The molecule has 1 unspecified atom stereocenters. The second-order valence-electron chi connectivity index (χ2n) is 7.58. The van der Waals surface area contributed by atoms with Gasteiger partial charge in [-0.15, -0.1) is 0 Å². The summed E-state index contributed by atoms with van der Waals surface area (Å²) in [5, 5.41) is 23.7. The molecule has 3 aromatic rings. The van der Waals surface area contributed by atoms with Crippen molar-refractivity contribution in [1.82, 2.24) is 0 Å². The molecule has 5 rings (SSSR count). The number of anilines is 1. The largest absolute Gasteiger partial charge is 0.478 e. The van der Waals surface area contributed by atoms with Crippen LogP contribution in [-0.2, 0) is 11.2 Å². The molecule has 4 N–H and O–H groups in total. The Kier molecular flexibility index (Phi) is 3.75. The topological polar surface area (TPSA) is 75.7 Å². The Bertz CT molecular complexity index is 1040. The molecule has 4 atom stereocenters. The summed E-state index contributed by atoms with van der Waals surface area (Å²) in [6.45, 7) is 0. The van der Waals surface area contributed by atoms with E-state index in [1.165, 1.54) is 0 Å². The number of fused-ring (bicyclic) bond motifs is 3. The fourth-order valence-electron chi connectivity index (χ4n) is 4.95. The molecule has 0 spiro atoms. The summed E-state index contributed by atoms with van der Waals surface area (Å²) in [5.41, 5.74) is 6.03. The van der Waals surface area contributed by atoms with E-state index in [2.05, 4.69) is 0 Å². The molecule has 0 amide bonds. The average Bonchev–Trinajstić information content (AvgIpc) is 3.09. The molecule has 28 heavy (non-hydrogen) atoms. The van der Waals surface area contributed by atoms with Crippen molar-refractivity contribution in [2.75, 3.05) is 5.73 Å². The second-order valence-corrected chi connectivity index (χ2v) is 8.02. The summed E-state index contributed by atoms with van der Waals surface area (Å²) in [4.78, 5) is 0. The molecule has 3 aromatic carbocycles. The van der Waals surface area contributed by atoms with E-state index < -0.39 is 17.3 Å². The smallest absolute Gasteiger partial charge is 0.176 e. The number of halogens is 1. The van der Waals surface area contributed by atoms with Crippen molar-refractivity contribution in [3.63, 3.8) is 0 Å². The Labute approximate surface area is 168 Å². The van der Waals surface area contributed by atoms with Crippen LogP contribution in [0, 0.1) is 0 Å². The summed E-state index contributed by atoms with van der Waals surface area (Å²) in [7, 11) is 0. The van der Waals surface area contributed by atoms with Gasteiger partial charge < -0.3 is 20.7 Å². The minimum absolute atomic E-state index is 0.261. The average molecular weight is 394 g/mol. The van der Waals surface area contributed by atoms with Gasteiger partial charge in [-0.1, -0.05) is 60.1 Å². The van der Waals surface area contributed by atoms with Gasteiger partial charge in [0, 0.05) is 28.3 Å². The van der Waals surface area contributed by atoms with Crippen LogP contribution in [-0.4, -0.2) is 16.3 Å². The van der Waals surface area contributed by atoms with Gasteiger partial charge in [0.25, 0.3) is 0 Å². The van der Waals surface area contributed by atoms with Crippen LogP contribution in [0.2, 0.25) is 5.02 Å². The van der Waals surface area contributed by atoms with E-state index in [4.69, 9.17) is 22.1 Å². The highest BCUT2D eigenvalue weighted by Crippen LogP contribution is 2.66. The Morgan fingerprint density at radius 1 is 1.00 bits per heavy atom. The molecule has 1 aliphatic carbocycles. The van der Waals surface area contributed by atoms with Gasteiger partial charge in [0.2, 0.25) is 0 Å². The first-order chi connectivity index (χ1) is 13.5. The number of rotatable bonds is 2. The minimum Gasteiger partial charge on any atom is -0.478 e. The van der Waals surface area contributed by atoms with Gasteiger partial charge in [0.15, 0.2) is 11.2 Å². The number of aliphatic hydroxyl groups excluding tert-OH is 1. The van der Waals surface area contributed by atoms with Crippen molar-refractivity contribution in [3.05, 3.63) is 94.5 Å². The highest BCUT2D eigenvalue weighted by Gasteiger charge is 2.72. The van der Waals surface area contributed by atoms with Crippen molar-refractivity contribution in [2.24, 2.45) is 0 Å². The number of nitrogen functional groups attached to an aromatic ring is 1. The maximum Gasteiger partial charge on any atom is 0.176 e.